The lowest BCUT2D eigenvalue weighted by Gasteiger charge is -2.25. The Labute approximate surface area is 204 Å². The number of rotatable bonds is 5. The number of likely N-dealkylation sites (tertiary alicyclic amines) is 1. The highest BCUT2D eigenvalue weighted by molar-refractivity contribution is 9.10. The van der Waals surface area contributed by atoms with Crippen LogP contribution in [0.2, 0.25) is 0 Å². The number of phenolic OH excluding ortho intramolecular Hbond substituents is 1. The van der Waals surface area contributed by atoms with Gasteiger partial charge in [-0.15, -0.1) is 0 Å². The molecule has 1 amide bonds. The van der Waals surface area contributed by atoms with Crippen molar-refractivity contribution in [3.05, 3.63) is 106 Å². The zero-order chi connectivity index (χ0) is 23.8. The number of Topliss-reactive ketones (excluding diaryl/α,β-unsaturated/α-hetero) is 1. The van der Waals surface area contributed by atoms with Crippen molar-refractivity contribution in [1.82, 2.24) is 9.88 Å². The number of carbonyl (C=O) groups excluding carboxylic acids is 2. The molecular formula is C27H21BrN2O4. The molecule has 6 nitrogen and oxygen atoms in total. The van der Waals surface area contributed by atoms with E-state index in [-0.39, 0.29) is 23.6 Å². The van der Waals surface area contributed by atoms with E-state index in [1.165, 1.54) is 17.0 Å². The van der Waals surface area contributed by atoms with Crippen LogP contribution in [0.15, 0.2) is 89.0 Å². The molecular weight excluding hydrogens is 496 g/mol. The van der Waals surface area contributed by atoms with Gasteiger partial charge in [0.05, 0.1) is 11.6 Å². The topological polar surface area (TPSA) is 93.6 Å². The molecule has 170 valence electrons. The molecule has 3 N–H and O–H groups in total. The van der Waals surface area contributed by atoms with Crippen molar-refractivity contribution in [3.63, 3.8) is 0 Å². The summed E-state index contributed by atoms with van der Waals surface area (Å²) in [4.78, 5) is 31.0. The molecule has 1 aliphatic heterocycles. The minimum atomic E-state index is -0.819. The van der Waals surface area contributed by atoms with Crippen LogP contribution in [0.1, 0.15) is 22.7 Å². The molecule has 1 fully saturated rings. The lowest BCUT2D eigenvalue weighted by atomic mass is 9.95. The average Bonchev–Trinajstić information content (AvgIpc) is 3.36. The van der Waals surface area contributed by atoms with Crippen LogP contribution < -0.4 is 0 Å². The fraction of sp³-hybridized carbons (Fsp3) is 0.111. The zero-order valence-electron chi connectivity index (χ0n) is 18.0. The number of hydrogen-bond donors (Lipinski definition) is 3. The first-order valence-corrected chi connectivity index (χ1v) is 11.6. The number of aliphatic hydroxyl groups excluding tert-OH is 1. The number of phenols is 1. The van der Waals surface area contributed by atoms with E-state index in [2.05, 4.69) is 20.9 Å². The standard InChI is InChI=1S/C27H21BrN2O4/c28-19-10-8-16(9-11-19)25(32)23-24(17-4-3-5-20(31)14-17)30(27(34)26(23)33)13-12-18-15-29-22-7-2-1-6-21(18)22/h1-11,14-15,24,29,31-32H,12-13H2/t24-/m0/s1. The number of carbonyl (C=O) groups is 2. The second-order valence-electron chi connectivity index (χ2n) is 8.20. The van der Waals surface area contributed by atoms with Crippen LogP contribution in [-0.2, 0) is 16.0 Å². The van der Waals surface area contributed by atoms with Gasteiger partial charge >= 0.3 is 0 Å². The molecule has 5 rings (SSSR count). The summed E-state index contributed by atoms with van der Waals surface area (Å²) in [5, 5.41) is 22.3. The van der Waals surface area contributed by atoms with Crippen LogP contribution in [0, 0.1) is 0 Å². The number of nitrogens with zero attached hydrogens (tertiary/aromatic N) is 1. The maximum atomic E-state index is 13.2. The summed E-state index contributed by atoms with van der Waals surface area (Å²) in [6.07, 6.45) is 2.43. The second-order valence-corrected chi connectivity index (χ2v) is 9.12. The molecule has 0 radical (unpaired) electrons. The van der Waals surface area contributed by atoms with Crippen molar-refractivity contribution >= 4 is 44.3 Å². The van der Waals surface area contributed by atoms with Gasteiger partial charge in [-0.25, -0.2) is 0 Å². The smallest absolute Gasteiger partial charge is 0.295 e. The Morgan fingerprint density at radius 3 is 2.53 bits per heavy atom. The third kappa shape index (κ3) is 3.88. The van der Waals surface area contributed by atoms with Gasteiger partial charge in [0, 0.05) is 33.7 Å². The van der Waals surface area contributed by atoms with Crippen molar-refractivity contribution in [3.8, 4) is 5.75 Å². The molecule has 1 saturated heterocycles. The van der Waals surface area contributed by atoms with Crippen LogP contribution in [0.25, 0.3) is 16.7 Å². The molecule has 0 saturated carbocycles. The molecule has 7 heteroatoms. The predicted molar refractivity (Wildman–Crippen MR) is 133 cm³/mol. The van der Waals surface area contributed by atoms with E-state index < -0.39 is 17.7 Å². The summed E-state index contributed by atoms with van der Waals surface area (Å²) in [7, 11) is 0. The summed E-state index contributed by atoms with van der Waals surface area (Å²) in [6, 6.07) is 20.4. The third-order valence-corrected chi connectivity index (χ3v) is 6.67. The Kier molecular flexibility index (Phi) is 5.71. The fourth-order valence-electron chi connectivity index (χ4n) is 4.49. The van der Waals surface area contributed by atoms with Gasteiger partial charge in [-0.05, 0) is 47.9 Å². The van der Waals surface area contributed by atoms with E-state index in [0.717, 1.165) is 20.9 Å². The number of aromatic nitrogens is 1. The molecule has 0 spiro atoms. The minimum absolute atomic E-state index is 0.0110. The van der Waals surface area contributed by atoms with Crippen LogP contribution in [-0.4, -0.2) is 38.3 Å². The number of H-pyrrole nitrogens is 1. The van der Waals surface area contributed by atoms with E-state index in [1.54, 1.807) is 36.4 Å². The molecule has 4 aromatic rings. The van der Waals surface area contributed by atoms with Crippen LogP contribution in [0.4, 0.5) is 0 Å². The summed E-state index contributed by atoms with van der Waals surface area (Å²) in [5.41, 5.74) is 3.02. The number of fused-ring (bicyclic) bond motifs is 1. The Morgan fingerprint density at radius 2 is 1.76 bits per heavy atom. The van der Waals surface area contributed by atoms with Gasteiger partial charge in [0.25, 0.3) is 11.7 Å². The highest BCUT2D eigenvalue weighted by Crippen LogP contribution is 2.40. The van der Waals surface area contributed by atoms with Gasteiger partial charge in [0.2, 0.25) is 0 Å². The van der Waals surface area contributed by atoms with E-state index in [0.29, 0.717) is 17.5 Å². The third-order valence-electron chi connectivity index (χ3n) is 6.14. The van der Waals surface area contributed by atoms with Gasteiger partial charge in [-0.2, -0.15) is 0 Å². The van der Waals surface area contributed by atoms with Crippen molar-refractivity contribution in [2.45, 2.75) is 12.5 Å². The monoisotopic (exact) mass is 516 g/mol. The van der Waals surface area contributed by atoms with E-state index in [4.69, 9.17) is 0 Å². The number of ketones is 1. The van der Waals surface area contributed by atoms with Gasteiger partial charge in [0.15, 0.2) is 0 Å². The molecule has 1 atom stereocenters. The quantitative estimate of drug-likeness (QED) is 0.190. The Morgan fingerprint density at radius 1 is 1.00 bits per heavy atom. The Bertz CT molecular complexity index is 1440. The lowest BCUT2D eigenvalue weighted by molar-refractivity contribution is -0.139. The molecule has 0 unspecified atom stereocenters. The van der Waals surface area contributed by atoms with Crippen LogP contribution in [0.5, 0.6) is 5.75 Å². The SMILES string of the molecule is O=C1C(=O)N(CCc2c[nH]c3ccccc23)[C@@H](c2cccc(O)c2)C1=C(O)c1ccc(Br)cc1. The molecule has 1 aromatic heterocycles. The number of halogens is 1. The molecule has 0 aliphatic carbocycles. The number of nitrogens with one attached hydrogen (secondary N) is 1. The number of benzene rings is 3. The maximum absolute atomic E-state index is 13.2. The van der Waals surface area contributed by atoms with E-state index >= 15 is 0 Å². The number of para-hydroxylation sites is 1. The summed E-state index contributed by atoms with van der Waals surface area (Å²) < 4.78 is 0.827. The molecule has 3 aromatic carbocycles. The fourth-order valence-corrected chi connectivity index (χ4v) is 4.76. The highest BCUT2D eigenvalue weighted by atomic mass is 79.9. The van der Waals surface area contributed by atoms with Crippen molar-refractivity contribution in [2.24, 2.45) is 0 Å². The van der Waals surface area contributed by atoms with Crippen LogP contribution in [0.3, 0.4) is 0 Å². The van der Waals surface area contributed by atoms with Crippen molar-refractivity contribution in [1.29, 1.82) is 0 Å². The van der Waals surface area contributed by atoms with Crippen LogP contribution >= 0.6 is 15.9 Å². The Balaban J connectivity index is 1.57. The minimum Gasteiger partial charge on any atom is -0.508 e. The normalized spacial score (nSPS) is 17.6. The van der Waals surface area contributed by atoms with Gasteiger partial charge in [0.1, 0.15) is 11.5 Å². The van der Waals surface area contributed by atoms with Gasteiger partial charge < -0.3 is 20.1 Å². The molecule has 0 bridgehead atoms. The van der Waals surface area contributed by atoms with Gasteiger partial charge in [-0.3, -0.25) is 9.59 Å². The molecule has 1 aliphatic rings. The zero-order valence-corrected chi connectivity index (χ0v) is 19.6. The van der Waals surface area contributed by atoms with Crippen molar-refractivity contribution < 1.29 is 19.8 Å². The first-order valence-electron chi connectivity index (χ1n) is 10.8. The van der Waals surface area contributed by atoms with E-state index in [1.807, 2.05) is 30.5 Å². The summed E-state index contributed by atoms with van der Waals surface area (Å²) >= 11 is 3.36. The summed E-state index contributed by atoms with van der Waals surface area (Å²) in [5.74, 6) is -1.64. The predicted octanol–water partition coefficient (Wildman–Crippen LogP) is 5.30. The molecule has 2 heterocycles. The van der Waals surface area contributed by atoms with E-state index in [9.17, 15) is 19.8 Å². The Hall–Kier alpha value is -3.84. The molecule has 34 heavy (non-hydrogen) atoms. The van der Waals surface area contributed by atoms with Crippen molar-refractivity contribution in [2.75, 3.05) is 6.54 Å². The maximum Gasteiger partial charge on any atom is 0.295 e. The average molecular weight is 517 g/mol. The number of aromatic hydroxyl groups is 1. The highest BCUT2D eigenvalue weighted by Gasteiger charge is 2.46. The second kappa shape index (κ2) is 8.83. The lowest BCUT2D eigenvalue weighted by Crippen LogP contribution is -2.31. The first kappa shape index (κ1) is 22.0. The van der Waals surface area contributed by atoms with Gasteiger partial charge in [-0.1, -0.05) is 58.4 Å². The number of amides is 1. The first-order chi connectivity index (χ1) is 16.4. The summed E-state index contributed by atoms with van der Waals surface area (Å²) in [6.45, 7) is 0.268. The number of aliphatic hydroxyl groups is 1. The number of aromatic amines is 1. The number of hydrogen-bond acceptors (Lipinski definition) is 4. The largest absolute Gasteiger partial charge is 0.508 e.